The topological polar surface area (TPSA) is 64.3 Å². The van der Waals surface area contributed by atoms with Gasteiger partial charge >= 0.3 is 0 Å². The smallest absolute Gasteiger partial charge is 0.220 e. The zero-order chi connectivity index (χ0) is 49.5. The second-order valence-corrected chi connectivity index (χ2v) is 20.2. The van der Waals surface area contributed by atoms with Crippen molar-refractivity contribution >= 4 is 125 Å². The van der Waals surface area contributed by atoms with Crippen LogP contribution < -0.4 is 0 Å². The van der Waals surface area contributed by atoms with E-state index >= 15 is 0 Å². The molecule has 0 unspecified atom stereocenters. The highest BCUT2D eigenvalue weighted by Crippen LogP contribution is 2.55. The van der Waals surface area contributed by atoms with Gasteiger partial charge in [0, 0.05) is 75.3 Å². The molecule has 5 heterocycles. The van der Waals surface area contributed by atoms with Gasteiger partial charge in [-0.25, -0.2) is 4.85 Å². The van der Waals surface area contributed by atoms with Crippen LogP contribution in [0.4, 0.5) is 5.69 Å². The molecular formula is C68H36N4O2S. The van der Waals surface area contributed by atoms with E-state index in [2.05, 4.69) is 154 Å². The normalized spacial score (nSPS) is 12.0. The third-order valence-electron chi connectivity index (χ3n) is 15.4. The Bertz CT molecular complexity index is 5070. The van der Waals surface area contributed by atoms with Crippen LogP contribution in [0.1, 0.15) is 5.56 Å². The predicted octanol–water partition coefficient (Wildman–Crippen LogP) is 19.5. The van der Waals surface area contributed by atoms with Crippen molar-refractivity contribution in [1.82, 2.24) is 9.13 Å². The molecule has 0 atom stereocenters. The van der Waals surface area contributed by atoms with Crippen molar-refractivity contribution in [3.8, 4) is 50.8 Å². The van der Waals surface area contributed by atoms with Gasteiger partial charge in [-0.15, -0.1) is 11.3 Å². The van der Waals surface area contributed by atoms with Gasteiger partial charge in [-0.2, -0.15) is 5.26 Å². The molecule has 0 fully saturated rings. The Labute approximate surface area is 431 Å². The second kappa shape index (κ2) is 15.7. The molecule has 0 saturated heterocycles. The summed E-state index contributed by atoms with van der Waals surface area (Å²) in [6, 6.07) is 78.3. The number of aromatic nitrogens is 2. The molecule has 0 amide bonds. The van der Waals surface area contributed by atoms with Gasteiger partial charge in [0.05, 0.1) is 50.3 Å². The van der Waals surface area contributed by atoms with E-state index in [4.69, 9.17) is 8.83 Å². The van der Waals surface area contributed by atoms with E-state index < -0.39 is 0 Å². The molecule has 0 spiro atoms. The SMILES string of the molecule is [C-]#[N+]c1c(-c2ccccc2)c(C#N)c(-n2c3c(-c4ccccc4)cccc3c3ccc4c5ccccc5oc4c32)c(-c2ccccc2)c1-n1c2c(ccc3c4ccccc4oc32)c2ccc3c4ccccc4sc3c21. The van der Waals surface area contributed by atoms with Crippen LogP contribution in [0.15, 0.2) is 227 Å². The van der Waals surface area contributed by atoms with Crippen LogP contribution in [0.25, 0.3) is 157 Å². The van der Waals surface area contributed by atoms with Gasteiger partial charge in [0.25, 0.3) is 0 Å². The Morgan fingerprint density at radius 3 is 1.47 bits per heavy atom. The zero-order valence-corrected chi connectivity index (χ0v) is 40.6. The zero-order valence-electron chi connectivity index (χ0n) is 39.8. The molecule has 0 aliphatic carbocycles. The van der Waals surface area contributed by atoms with E-state index in [1.807, 2.05) is 84.9 Å². The molecule has 0 bridgehead atoms. The fourth-order valence-corrected chi connectivity index (χ4v) is 13.5. The lowest BCUT2D eigenvalue weighted by Gasteiger charge is -2.26. The molecule has 0 saturated carbocycles. The summed E-state index contributed by atoms with van der Waals surface area (Å²) in [7, 11) is 0. The fourth-order valence-electron chi connectivity index (χ4n) is 12.3. The molecule has 0 aliphatic rings. The van der Waals surface area contributed by atoms with Crippen LogP contribution in [0, 0.1) is 17.9 Å². The maximum absolute atomic E-state index is 12.3. The van der Waals surface area contributed by atoms with Crippen molar-refractivity contribution in [3.05, 3.63) is 235 Å². The summed E-state index contributed by atoms with van der Waals surface area (Å²) >= 11 is 1.76. The summed E-state index contributed by atoms with van der Waals surface area (Å²) < 4.78 is 21.1. The monoisotopic (exact) mass is 972 g/mol. The van der Waals surface area contributed by atoms with E-state index in [1.165, 1.54) is 4.70 Å². The van der Waals surface area contributed by atoms with Crippen molar-refractivity contribution in [2.24, 2.45) is 0 Å². The number of nitrogens with zero attached hydrogens (tertiary/aromatic N) is 4. The van der Waals surface area contributed by atoms with Crippen molar-refractivity contribution in [3.63, 3.8) is 0 Å². The average Bonchev–Trinajstić information content (AvgIpc) is 4.44. The quantitative estimate of drug-likeness (QED) is 0.161. The van der Waals surface area contributed by atoms with E-state index in [1.54, 1.807) is 11.3 Å². The molecule has 5 aromatic heterocycles. The minimum atomic E-state index is 0.350. The molecule has 0 radical (unpaired) electrons. The summed E-state index contributed by atoms with van der Waals surface area (Å²) in [5.41, 5.74) is 13.4. The number of para-hydroxylation sites is 3. The fraction of sp³-hybridized carbons (Fsp3) is 0. The minimum absolute atomic E-state index is 0.350. The Hall–Kier alpha value is -10.2. The Kier molecular flexibility index (Phi) is 8.65. The first-order chi connectivity index (χ1) is 37.2. The summed E-state index contributed by atoms with van der Waals surface area (Å²) in [6.07, 6.45) is 0. The lowest BCUT2D eigenvalue weighted by molar-refractivity contribution is 0.671. The minimum Gasteiger partial charge on any atom is -0.454 e. The standard InChI is InChI=1S/C68H36N4O2S/c1-70-59-57(40-20-7-3-8-21-40)53(38-69)61(71-60-42(39-18-5-2-6-19-39)27-17-28-46(60)47-32-35-50-43-24-11-14-29-54(43)73-66(50)62(47)71)58(41-22-9-4-10-23-41)65(59)72-63-48(33-36-51-44-25-12-15-30-55(44)74-67(51)63)49-34-37-52-45-26-13-16-31-56(45)75-68(52)64(49)72/h2-37H. The van der Waals surface area contributed by atoms with Crippen LogP contribution in [0.2, 0.25) is 0 Å². The third kappa shape index (κ3) is 5.65. The van der Waals surface area contributed by atoms with Crippen molar-refractivity contribution in [1.29, 1.82) is 5.26 Å². The molecule has 346 valence electrons. The van der Waals surface area contributed by atoms with E-state index in [0.29, 0.717) is 39.4 Å². The first kappa shape index (κ1) is 41.4. The highest BCUT2D eigenvalue weighted by molar-refractivity contribution is 7.26. The molecule has 75 heavy (non-hydrogen) atoms. The average molecular weight is 973 g/mol. The van der Waals surface area contributed by atoms with Gasteiger partial charge in [-0.1, -0.05) is 188 Å². The van der Waals surface area contributed by atoms with E-state index in [9.17, 15) is 11.8 Å². The third-order valence-corrected chi connectivity index (χ3v) is 16.6. The summed E-state index contributed by atoms with van der Waals surface area (Å²) in [6.45, 7) is 9.61. The van der Waals surface area contributed by atoms with Crippen molar-refractivity contribution in [2.45, 2.75) is 0 Å². The maximum atomic E-state index is 12.3. The van der Waals surface area contributed by atoms with Crippen LogP contribution in [-0.2, 0) is 0 Å². The van der Waals surface area contributed by atoms with E-state index in [-0.39, 0.29) is 0 Å². The van der Waals surface area contributed by atoms with Gasteiger partial charge in [0.15, 0.2) is 11.2 Å². The summed E-state index contributed by atoms with van der Waals surface area (Å²) in [5, 5.41) is 22.5. The molecular weight excluding hydrogens is 937 g/mol. The highest BCUT2D eigenvalue weighted by atomic mass is 32.1. The van der Waals surface area contributed by atoms with Crippen LogP contribution in [-0.4, -0.2) is 9.13 Å². The Morgan fingerprint density at radius 2 is 0.867 bits per heavy atom. The lowest BCUT2D eigenvalue weighted by Crippen LogP contribution is -2.09. The molecule has 16 aromatic rings. The lowest BCUT2D eigenvalue weighted by atomic mass is 9.88. The van der Waals surface area contributed by atoms with Crippen molar-refractivity contribution < 1.29 is 8.83 Å². The van der Waals surface area contributed by atoms with E-state index in [0.717, 1.165) is 120 Å². The Balaban J connectivity index is 1.24. The van der Waals surface area contributed by atoms with Gasteiger partial charge < -0.3 is 18.0 Å². The number of hydrogen-bond donors (Lipinski definition) is 0. The predicted molar refractivity (Wildman–Crippen MR) is 310 cm³/mol. The van der Waals surface area contributed by atoms with Gasteiger partial charge in [-0.3, -0.25) is 0 Å². The first-order valence-corrected chi connectivity index (χ1v) is 25.7. The number of benzene rings is 11. The first-order valence-electron chi connectivity index (χ1n) is 24.9. The maximum Gasteiger partial charge on any atom is 0.220 e. The summed E-state index contributed by atoms with van der Waals surface area (Å²) in [5.74, 6) is 0. The number of thiophene rings is 1. The van der Waals surface area contributed by atoms with Gasteiger partial charge in [0.2, 0.25) is 5.69 Å². The van der Waals surface area contributed by atoms with Gasteiger partial charge in [0.1, 0.15) is 17.2 Å². The molecule has 16 rings (SSSR count). The number of hydrogen-bond acceptors (Lipinski definition) is 4. The second-order valence-electron chi connectivity index (χ2n) is 19.2. The highest BCUT2D eigenvalue weighted by Gasteiger charge is 2.34. The molecule has 0 N–H and O–H groups in total. The molecule has 11 aromatic carbocycles. The molecule has 7 heteroatoms. The van der Waals surface area contributed by atoms with Crippen LogP contribution in [0.5, 0.6) is 0 Å². The number of furan rings is 2. The Morgan fingerprint density at radius 1 is 0.400 bits per heavy atom. The number of nitriles is 1. The number of rotatable bonds is 5. The molecule has 0 aliphatic heterocycles. The number of fused-ring (bicyclic) bond motifs is 18. The largest absolute Gasteiger partial charge is 0.454 e. The van der Waals surface area contributed by atoms with Gasteiger partial charge in [-0.05, 0) is 47.0 Å². The van der Waals surface area contributed by atoms with Crippen LogP contribution >= 0.6 is 11.3 Å². The molecule has 6 nitrogen and oxygen atoms in total. The van der Waals surface area contributed by atoms with Crippen LogP contribution in [0.3, 0.4) is 0 Å². The summed E-state index contributed by atoms with van der Waals surface area (Å²) in [4.78, 5) is 4.67. The van der Waals surface area contributed by atoms with Crippen molar-refractivity contribution in [2.75, 3.05) is 0 Å².